The summed E-state index contributed by atoms with van der Waals surface area (Å²) in [5, 5.41) is 3.47. The fraction of sp³-hybridized carbons (Fsp3) is 0.615. The van der Waals surface area contributed by atoms with Crippen molar-refractivity contribution < 1.29 is 9.53 Å². The molecule has 34 heavy (non-hydrogen) atoms. The number of hydrogen-bond donors (Lipinski definition) is 1. The molecule has 1 amide bonds. The van der Waals surface area contributed by atoms with Gasteiger partial charge in [-0.3, -0.25) is 9.78 Å². The van der Waals surface area contributed by atoms with E-state index in [0.29, 0.717) is 18.5 Å². The largest absolute Gasteiger partial charge is 0.381 e. The van der Waals surface area contributed by atoms with Crippen molar-refractivity contribution in [3.63, 3.8) is 0 Å². The summed E-state index contributed by atoms with van der Waals surface area (Å²) in [4.78, 5) is 32.1. The standard InChI is InChI=1S/C26H36N6O2/c1-17-12-19(4-8-27-17)23-15-31(3)9-5-22(23)25(33)32-16-24-20(13-18(32)2)14-28-26(30-24)29-21-6-10-34-11-7-21/h4,8,12,14,18,21-23H,5-7,9-11,13,15-16H2,1-3H3,(H,28,29,30)/t18-,22-,23+/m1/s1. The minimum absolute atomic E-state index is 0.0244. The fourth-order valence-electron chi connectivity index (χ4n) is 5.64. The zero-order valence-electron chi connectivity index (χ0n) is 20.5. The van der Waals surface area contributed by atoms with E-state index in [4.69, 9.17) is 9.72 Å². The molecule has 5 rings (SSSR count). The minimum Gasteiger partial charge on any atom is -0.381 e. The Morgan fingerprint density at radius 1 is 1.21 bits per heavy atom. The highest BCUT2D eigenvalue weighted by atomic mass is 16.5. The second-order valence-electron chi connectivity index (χ2n) is 10.2. The number of ether oxygens (including phenoxy) is 1. The van der Waals surface area contributed by atoms with Gasteiger partial charge in [-0.05, 0) is 76.4 Å². The minimum atomic E-state index is -0.0244. The van der Waals surface area contributed by atoms with E-state index in [-0.39, 0.29) is 23.8 Å². The van der Waals surface area contributed by atoms with E-state index in [2.05, 4.69) is 51.2 Å². The Morgan fingerprint density at radius 2 is 2.03 bits per heavy atom. The molecule has 0 unspecified atom stereocenters. The Morgan fingerprint density at radius 3 is 2.82 bits per heavy atom. The summed E-state index contributed by atoms with van der Waals surface area (Å²) in [6.07, 6.45) is 7.41. The number of pyridine rings is 1. The molecule has 3 aliphatic rings. The maximum atomic E-state index is 14.0. The summed E-state index contributed by atoms with van der Waals surface area (Å²) in [6, 6.07) is 4.70. The third-order valence-corrected chi connectivity index (χ3v) is 7.64. The number of piperidine rings is 1. The number of hydrogen-bond acceptors (Lipinski definition) is 7. The molecular weight excluding hydrogens is 428 g/mol. The molecule has 182 valence electrons. The zero-order valence-corrected chi connectivity index (χ0v) is 20.5. The van der Waals surface area contributed by atoms with Gasteiger partial charge in [0.2, 0.25) is 11.9 Å². The van der Waals surface area contributed by atoms with Crippen LogP contribution in [0.5, 0.6) is 0 Å². The van der Waals surface area contributed by atoms with Crippen LogP contribution < -0.4 is 5.32 Å². The van der Waals surface area contributed by atoms with Crippen molar-refractivity contribution in [1.82, 2.24) is 24.8 Å². The van der Waals surface area contributed by atoms with Crippen LogP contribution in [0.15, 0.2) is 24.5 Å². The van der Waals surface area contributed by atoms with Gasteiger partial charge in [0.25, 0.3) is 0 Å². The first-order valence-corrected chi connectivity index (χ1v) is 12.6. The molecule has 2 fully saturated rings. The number of carbonyl (C=O) groups is 1. The molecular formula is C26H36N6O2. The number of fused-ring (bicyclic) bond motifs is 1. The molecule has 0 aromatic carbocycles. The van der Waals surface area contributed by atoms with Gasteiger partial charge in [0.05, 0.1) is 12.2 Å². The Bertz CT molecular complexity index is 1020. The lowest BCUT2D eigenvalue weighted by Gasteiger charge is -2.42. The molecule has 0 radical (unpaired) electrons. The number of nitrogens with one attached hydrogen (secondary N) is 1. The Balaban J connectivity index is 1.35. The number of carbonyl (C=O) groups excluding carboxylic acids is 1. The maximum Gasteiger partial charge on any atom is 0.227 e. The zero-order chi connectivity index (χ0) is 23.7. The molecule has 0 saturated carbocycles. The summed E-state index contributed by atoms with van der Waals surface area (Å²) in [5.41, 5.74) is 4.34. The lowest BCUT2D eigenvalue weighted by Crippen LogP contribution is -2.50. The first-order valence-electron chi connectivity index (χ1n) is 12.6. The second kappa shape index (κ2) is 9.96. The summed E-state index contributed by atoms with van der Waals surface area (Å²) in [7, 11) is 2.14. The number of amides is 1. The molecule has 1 N–H and O–H groups in total. The van der Waals surface area contributed by atoms with Gasteiger partial charge in [0.1, 0.15) is 0 Å². The van der Waals surface area contributed by atoms with Gasteiger partial charge in [0.15, 0.2) is 0 Å². The summed E-state index contributed by atoms with van der Waals surface area (Å²) in [5.74, 6) is 1.07. The van der Waals surface area contributed by atoms with E-state index >= 15 is 0 Å². The Kier molecular flexibility index (Phi) is 6.79. The van der Waals surface area contributed by atoms with E-state index < -0.39 is 0 Å². The highest BCUT2D eigenvalue weighted by molar-refractivity contribution is 5.80. The van der Waals surface area contributed by atoms with Crippen molar-refractivity contribution in [2.75, 3.05) is 38.7 Å². The monoisotopic (exact) mass is 464 g/mol. The van der Waals surface area contributed by atoms with Crippen LogP contribution in [0.25, 0.3) is 0 Å². The lowest BCUT2D eigenvalue weighted by atomic mass is 9.79. The summed E-state index contributed by atoms with van der Waals surface area (Å²) < 4.78 is 5.46. The number of rotatable bonds is 4. The van der Waals surface area contributed by atoms with Crippen molar-refractivity contribution in [2.24, 2.45) is 5.92 Å². The normalized spacial score (nSPS) is 26.2. The van der Waals surface area contributed by atoms with Crippen LogP contribution in [0.2, 0.25) is 0 Å². The van der Waals surface area contributed by atoms with Crippen LogP contribution in [0, 0.1) is 12.8 Å². The van der Waals surface area contributed by atoms with Gasteiger partial charge >= 0.3 is 0 Å². The van der Waals surface area contributed by atoms with Gasteiger partial charge in [0, 0.05) is 61.8 Å². The van der Waals surface area contributed by atoms with Crippen molar-refractivity contribution in [2.45, 2.75) is 64.1 Å². The van der Waals surface area contributed by atoms with Gasteiger partial charge in [-0.15, -0.1) is 0 Å². The number of aryl methyl sites for hydroxylation is 1. The SMILES string of the molecule is Cc1cc([C@@H]2CN(C)CC[C@H]2C(=O)N2Cc3nc(NC4CCOCC4)ncc3C[C@H]2C)ccn1. The van der Waals surface area contributed by atoms with Crippen LogP contribution in [-0.4, -0.2) is 76.1 Å². The Hall–Kier alpha value is -2.58. The average Bonchev–Trinajstić information content (AvgIpc) is 2.84. The van der Waals surface area contributed by atoms with Gasteiger partial charge < -0.3 is 19.9 Å². The third kappa shape index (κ3) is 4.93. The van der Waals surface area contributed by atoms with Crippen LogP contribution in [0.4, 0.5) is 5.95 Å². The van der Waals surface area contributed by atoms with Gasteiger partial charge in [-0.1, -0.05) is 0 Å². The molecule has 2 aromatic rings. The fourth-order valence-corrected chi connectivity index (χ4v) is 5.64. The first-order chi connectivity index (χ1) is 16.5. The quantitative estimate of drug-likeness (QED) is 0.745. The molecule has 0 aliphatic carbocycles. The molecule has 8 heteroatoms. The topological polar surface area (TPSA) is 83.5 Å². The van der Waals surface area contributed by atoms with E-state index in [1.54, 1.807) is 0 Å². The molecule has 3 aliphatic heterocycles. The second-order valence-corrected chi connectivity index (χ2v) is 10.2. The number of likely N-dealkylation sites (tertiary alicyclic amines) is 1. The number of aromatic nitrogens is 3. The molecule has 8 nitrogen and oxygen atoms in total. The Labute approximate surface area is 202 Å². The van der Waals surface area contributed by atoms with Crippen molar-refractivity contribution in [3.8, 4) is 0 Å². The molecule has 2 aromatic heterocycles. The van der Waals surface area contributed by atoms with Gasteiger partial charge in [-0.25, -0.2) is 9.97 Å². The average molecular weight is 465 g/mol. The van der Waals surface area contributed by atoms with Crippen LogP contribution in [0.1, 0.15) is 54.6 Å². The van der Waals surface area contributed by atoms with Crippen LogP contribution in [-0.2, 0) is 22.5 Å². The van der Waals surface area contributed by atoms with Crippen LogP contribution >= 0.6 is 0 Å². The highest BCUT2D eigenvalue weighted by Gasteiger charge is 2.39. The van der Waals surface area contributed by atoms with E-state index in [1.807, 2.05) is 19.3 Å². The molecule has 3 atom stereocenters. The maximum absolute atomic E-state index is 14.0. The summed E-state index contributed by atoms with van der Waals surface area (Å²) >= 11 is 0. The number of anilines is 1. The smallest absolute Gasteiger partial charge is 0.227 e. The van der Waals surface area contributed by atoms with E-state index in [0.717, 1.165) is 68.9 Å². The van der Waals surface area contributed by atoms with Gasteiger partial charge in [-0.2, -0.15) is 0 Å². The third-order valence-electron chi connectivity index (χ3n) is 7.64. The molecule has 5 heterocycles. The lowest BCUT2D eigenvalue weighted by molar-refractivity contribution is -0.141. The highest BCUT2D eigenvalue weighted by Crippen LogP contribution is 2.35. The van der Waals surface area contributed by atoms with Crippen molar-refractivity contribution in [1.29, 1.82) is 0 Å². The van der Waals surface area contributed by atoms with Crippen molar-refractivity contribution >= 4 is 11.9 Å². The molecule has 0 bridgehead atoms. The predicted molar refractivity (Wildman–Crippen MR) is 131 cm³/mol. The van der Waals surface area contributed by atoms with Crippen LogP contribution in [0.3, 0.4) is 0 Å². The van der Waals surface area contributed by atoms with Crippen molar-refractivity contribution in [3.05, 3.63) is 47.0 Å². The van der Waals surface area contributed by atoms with E-state index in [9.17, 15) is 4.79 Å². The predicted octanol–water partition coefficient (Wildman–Crippen LogP) is 2.78. The molecule has 0 spiro atoms. The number of nitrogens with zero attached hydrogens (tertiary/aromatic N) is 5. The number of likely N-dealkylation sites (N-methyl/N-ethyl adjacent to an activating group) is 1. The summed E-state index contributed by atoms with van der Waals surface area (Å²) in [6.45, 7) is 8.10. The first kappa shape index (κ1) is 23.2. The molecule has 2 saturated heterocycles. The van der Waals surface area contributed by atoms with E-state index in [1.165, 1.54) is 5.56 Å².